The van der Waals surface area contributed by atoms with Crippen LogP contribution >= 0.6 is 11.3 Å². The predicted octanol–water partition coefficient (Wildman–Crippen LogP) is 4.38. The molecule has 0 aliphatic rings. The SMILES string of the molecule is Cc1sc(-c2ccccc2CN)nc1-c1ccc(F)cc1. The molecule has 0 atom stereocenters. The van der Waals surface area contributed by atoms with Crippen molar-refractivity contribution in [3.63, 3.8) is 0 Å². The maximum Gasteiger partial charge on any atom is 0.124 e. The minimum atomic E-state index is -0.236. The first-order chi connectivity index (χ1) is 10.2. The van der Waals surface area contributed by atoms with Crippen LogP contribution in [-0.2, 0) is 6.54 Å². The average molecular weight is 298 g/mol. The third kappa shape index (κ3) is 2.73. The lowest BCUT2D eigenvalue weighted by Gasteiger charge is -2.03. The van der Waals surface area contributed by atoms with Crippen LogP contribution in [0.1, 0.15) is 10.4 Å². The van der Waals surface area contributed by atoms with Gasteiger partial charge in [-0.15, -0.1) is 11.3 Å². The summed E-state index contributed by atoms with van der Waals surface area (Å²) < 4.78 is 13.0. The zero-order valence-corrected chi connectivity index (χ0v) is 12.5. The fourth-order valence-electron chi connectivity index (χ4n) is 2.29. The number of rotatable bonds is 3. The van der Waals surface area contributed by atoms with Crippen LogP contribution in [-0.4, -0.2) is 4.98 Å². The van der Waals surface area contributed by atoms with E-state index in [9.17, 15) is 4.39 Å². The van der Waals surface area contributed by atoms with Crippen LogP contribution in [0.25, 0.3) is 21.8 Å². The molecule has 2 aromatic carbocycles. The van der Waals surface area contributed by atoms with E-state index in [1.807, 2.05) is 31.2 Å². The second-order valence-corrected chi connectivity index (χ2v) is 6.00. The van der Waals surface area contributed by atoms with E-state index in [4.69, 9.17) is 10.7 Å². The Morgan fingerprint density at radius 2 is 1.81 bits per heavy atom. The van der Waals surface area contributed by atoms with E-state index in [0.717, 1.165) is 32.3 Å². The molecule has 0 saturated heterocycles. The van der Waals surface area contributed by atoms with Gasteiger partial charge in [0.2, 0.25) is 0 Å². The molecule has 0 unspecified atom stereocenters. The lowest BCUT2D eigenvalue weighted by molar-refractivity contribution is 0.628. The van der Waals surface area contributed by atoms with E-state index in [1.54, 1.807) is 23.5 Å². The Kier molecular flexibility index (Phi) is 3.82. The van der Waals surface area contributed by atoms with Crippen LogP contribution in [0.3, 0.4) is 0 Å². The number of nitrogens with zero attached hydrogens (tertiary/aromatic N) is 1. The highest BCUT2D eigenvalue weighted by molar-refractivity contribution is 7.15. The van der Waals surface area contributed by atoms with Gasteiger partial charge >= 0.3 is 0 Å². The van der Waals surface area contributed by atoms with Crippen LogP contribution < -0.4 is 5.73 Å². The molecule has 21 heavy (non-hydrogen) atoms. The van der Waals surface area contributed by atoms with Gasteiger partial charge in [0.25, 0.3) is 0 Å². The average Bonchev–Trinajstić information content (AvgIpc) is 2.90. The lowest BCUT2D eigenvalue weighted by Crippen LogP contribution is -1.98. The first-order valence-corrected chi connectivity index (χ1v) is 7.52. The summed E-state index contributed by atoms with van der Waals surface area (Å²) in [6.07, 6.45) is 0. The molecule has 1 heterocycles. The molecular formula is C17H15FN2S. The fourth-order valence-corrected chi connectivity index (χ4v) is 3.29. The molecule has 3 rings (SSSR count). The molecular weight excluding hydrogens is 283 g/mol. The minimum Gasteiger partial charge on any atom is -0.326 e. The molecule has 0 aliphatic carbocycles. The Morgan fingerprint density at radius 1 is 1.10 bits per heavy atom. The van der Waals surface area contributed by atoms with E-state index in [1.165, 1.54) is 12.1 Å². The predicted molar refractivity (Wildman–Crippen MR) is 85.6 cm³/mol. The summed E-state index contributed by atoms with van der Waals surface area (Å²) in [6.45, 7) is 2.52. The van der Waals surface area contributed by atoms with Gasteiger partial charge in [0.15, 0.2) is 0 Å². The third-order valence-electron chi connectivity index (χ3n) is 3.38. The van der Waals surface area contributed by atoms with Crippen molar-refractivity contribution in [3.8, 4) is 21.8 Å². The number of nitrogens with two attached hydrogens (primary N) is 1. The van der Waals surface area contributed by atoms with Crippen LogP contribution in [0, 0.1) is 12.7 Å². The van der Waals surface area contributed by atoms with Gasteiger partial charge in [-0.25, -0.2) is 9.37 Å². The van der Waals surface area contributed by atoms with Gasteiger partial charge in [-0.2, -0.15) is 0 Å². The molecule has 0 radical (unpaired) electrons. The van der Waals surface area contributed by atoms with Crippen molar-refractivity contribution in [1.82, 2.24) is 4.98 Å². The second-order valence-electron chi connectivity index (χ2n) is 4.79. The molecule has 0 amide bonds. The molecule has 3 aromatic rings. The number of hydrogen-bond acceptors (Lipinski definition) is 3. The Bertz CT molecular complexity index is 763. The molecule has 0 fully saturated rings. The van der Waals surface area contributed by atoms with Gasteiger partial charge in [0.1, 0.15) is 10.8 Å². The van der Waals surface area contributed by atoms with Crippen molar-refractivity contribution in [3.05, 3.63) is 64.8 Å². The highest BCUT2D eigenvalue weighted by Gasteiger charge is 2.13. The number of hydrogen-bond donors (Lipinski definition) is 1. The standard InChI is InChI=1S/C17H15FN2S/c1-11-16(12-6-8-14(18)9-7-12)20-17(21-11)15-5-3-2-4-13(15)10-19/h2-9H,10,19H2,1H3. The van der Waals surface area contributed by atoms with Crippen LogP contribution in [0.15, 0.2) is 48.5 Å². The van der Waals surface area contributed by atoms with Crippen LogP contribution in [0.5, 0.6) is 0 Å². The van der Waals surface area contributed by atoms with Crippen molar-refractivity contribution >= 4 is 11.3 Å². The molecule has 2 N–H and O–H groups in total. The molecule has 1 aromatic heterocycles. The number of benzene rings is 2. The number of thiazole rings is 1. The first kappa shape index (κ1) is 13.9. The second kappa shape index (κ2) is 5.76. The fraction of sp³-hybridized carbons (Fsp3) is 0.118. The monoisotopic (exact) mass is 298 g/mol. The molecule has 0 aliphatic heterocycles. The van der Waals surface area contributed by atoms with Gasteiger partial charge in [-0.1, -0.05) is 24.3 Å². The Balaban J connectivity index is 2.07. The summed E-state index contributed by atoms with van der Waals surface area (Å²) in [6, 6.07) is 14.5. The van der Waals surface area contributed by atoms with Crippen molar-refractivity contribution in [1.29, 1.82) is 0 Å². The van der Waals surface area contributed by atoms with Crippen molar-refractivity contribution in [2.24, 2.45) is 5.73 Å². The van der Waals surface area contributed by atoms with E-state index in [-0.39, 0.29) is 5.82 Å². The normalized spacial score (nSPS) is 10.8. The maximum absolute atomic E-state index is 13.0. The number of halogens is 1. The smallest absolute Gasteiger partial charge is 0.124 e. The number of aromatic nitrogens is 1. The first-order valence-electron chi connectivity index (χ1n) is 6.70. The summed E-state index contributed by atoms with van der Waals surface area (Å²) in [4.78, 5) is 5.84. The summed E-state index contributed by atoms with van der Waals surface area (Å²) >= 11 is 1.64. The third-order valence-corrected chi connectivity index (χ3v) is 4.39. The Morgan fingerprint density at radius 3 is 2.52 bits per heavy atom. The van der Waals surface area contributed by atoms with E-state index in [0.29, 0.717) is 6.54 Å². The quantitative estimate of drug-likeness (QED) is 0.779. The summed E-state index contributed by atoms with van der Waals surface area (Å²) in [7, 11) is 0. The lowest BCUT2D eigenvalue weighted by atomic mass is 10.1. The molecule has 0 saturated carbocycles. The molecule has 106 valence electrons. The van der Waals surface area contributed by atoms with Gasteiger partial charge in [-0.05, 0) is 36.8 Å². The summed E-state index contributed by atoms with van der Waals surface area (Å²) in [5.74, 6) is -0.236. The van der Waals surface area contributed by atoms with Crippen LogP contribution in [0.2, 0.25) is 0 Å². The van der Waals surface area contributed by atoms with E-state index < -0.39 is 0 Å². The van der Waals surface area contributed by atoms with Gasteiger partial charge < -0.3 is 5.73 Å². The maximum atomic E-state index is 13.0. The zero-order chi connectivity index (χ0) is 14.8. The van der Waals surface area contributed by atoms with Crippen molar-refractivity contribution < 1.29 is 4.39 Å². The molecule has 0 spiro atoms. The largest absolute Gasteiger partial charge is 0.326 e. The van der Waals surface area contributed by atoms with Crippen molar-refractivity contribution in [2.75, 3.05) is 0 Å². The molecule has 2 nitrogen and oxygen atoms in total. The minimum absolute atomic E-state index is 0.236. The molecule has 0 bridgehead atoms. The number of aryl methyl sites for hydroxylation is 1. The highest BCUT2D eigenvalue weighted by atomic mass is 32.1. The van der Waals surface area contributed by atoms with E-state index >= 15 is 0 Å². The summed E-state index contributed by atoms with van der Waals surface area (Å²) in [5.41, 5.74) is 9.78. The molecule has 4 heteroatoms. The highest BCUT2D eigenvalue weighted by Crippen LogP contribution is 2.34. The van der Waals surface area contributed by atoms with E-state index in [2.05, 4.69) is 0 Å². The zero-order valence-electron chi connectivity index (χ0n) is 11.6. The summed E-state index contributed by atoms with van der Waals surface area (Å²) in [5, 5.41) is 0.952. The van der Waals surface area contributed by atoms with Gasteiger partial charge in [0, 0.05) is 22.5 Å². The Labute approximate surface area is 127 Å². The van der Waals surface area contributed by atoms with Gasteiger partial charge in [0.05, 0.1) is 5.69 Å². The van der Waals surface area contributed by atoms with Gasteiger partial charge in [-0.3, -0.25) is 0 Å². The Hall–Kier alpha value is -2.04. The van der Waals surface area contributed by atoms with Crippen molar-refractivity contribution in [2.45, 2.75) is 13.5 Å². The topological polar surface area (TPSA) is 38.9 Å². The van der Waals surface area contributed by atoms with Crippen LogP contribution in [0.4, 0.5) is 4.39 Å².